The van der Waals surface area contributed by atoms with E-state index in [0.717, 1.165) is 0 Å². The monoisotopic (exact) mass is 185 g/mol. The largest absolute Gasteiger partial charge is 0.454 e. The zero-order valence-electron chi connectivity index (χ0n) is 6.44. The number of furan rings is 1. The number of nitrogens with zero attached hydrogens (tertiary/aromatic N) is 1. The molecule has 1 atom stereocenters. The summed E-state index contributed by atoms with van der Waals surface area (Å²) in [6, 6.07) is 1.66. The number of hydrogen-bond acceptors (Lipinski definition) is 3. The van der Waals surface area contributed by atoms with Gasteiger partial charge in [0.1, 0.15) is 9.73 Å². The Morgan fingerprint density at radius 3 is 3.17 bits per heavy atom. The summed E-state index contributed by atoms with van der Waals surface area (Å²) in [6.07, 6.45) is 3.05. The zero-order valence-corrected chi connectivity index (χ0v) is 7.26. The highest BCUT2D eigenvalue weighted by Crippen LogP contribution is 2.23. The minimum absolute atomic E-state index is 0.205. The molecular formula is C7H7NO3S. The molecule has 4 nitrogen and oxygen atoms in total. The molecule has 0 radical (unpaired) electrons. The molecule has 0 saturated carbocycles. The molecule has 0 N–H and O–H groups in total. The molecule has 1 aromatic heterocycles. The third-order valence-electron chi connectivity index (χ3n) is 1.67. The lowest BCUT2D eigenvalue weighted by molar-refractivity contribution is -0.117. The first-order valence-corrected chi connectivity index (χ1v) is 5.33. The van der Waals surface area contributed by atoms with Crippen molar-refractivity contribution in [3.05, 3.63) is 17.9 Å². The number of carbonyl (C=O) groups excluding carboxylic acids is 1. The van der Waals surface area contributed by atoms with Crippen LogP contribution in [0.2, 0.25) is 0 Å². The summed E-state index contributed by atoms with van der Waals surface area (Å²) in [6.45, 7) is 0. The Balaban J connectivity index is 2.77. The molecular weight excluding hydrogens is 178 g/mol. The fourth-order valence-electron chi connectivity index (χ4n) is 1.22. The van der Waals surface area contributed by atoms with Gasteiger partial charge in [0.05, 0.1) is 12.7 Å². The van der Waals surface area contributed by atoms with E-state index in [0.29, 0.717) is 10.7 Å². The van der Waals surface area contributed by atoms with E-state index in [1.807, 2.05) is 0 Å². The Hall–Kier alpha value is -1.10. The second-order valence-electron chi connectivity index (χ2n) is 2.70. The highest BCUT2D eigenvalue weighted by atomic mass is 32.2. The minimum Gasteiger partial charge on any atom is -0.454 e. The van der Waals surface area contributed by atoms with E-state index in [1.54, 1.807) is 6.07 Å². The van der Waals surface area contributed by atoms with Crippen molar-refractivity contribution in [3.63, 3.8) is 0 Å². The van der Waals surface area contributed by atoms with Gasteiger partial charge >= 0.3 is 0 Å². The van der Waals surface area contributed by atoms with Gasteiger partial charge in [-0.05, 0) is 6.07 Å². The first-order valence-electron chi connectivity index (χ1n) is 3.41. The van der Waals surface area contributed by atoms with Gasteiger partial charge in [-0.1, -0.05) is 0 Å². The summed E-state index contributed by atoms with van der Waals surface area (Å²) in [5.41, 5.74) is 0.697. The molecule has 0 aliphatic carbocycles. The second kappa shape index (κ2) is 2.20. The third kappa shape index (κ3) is 0.972. The Morgan fingerprint density at radius 1 is 1.67 bits per heavy atom. The van der Waals surface area contributed by atoms with Crippen molar-refractivity contribution in [2.75, 3.05) is 6.26 Å². The van der Waals surface area contributed by atoms with Gasteiger partial charge in [0, 0.05) is 11.8 Å². The smallest absolute Gasteiger partial charge is 0.258 e. The van der Waals surface area contributed by atoms with Gasteiger partial charge in [-0.25, -0.2) is 4.21 Å². The van der Waals surface area contributed by atoms with Gasteiger partial charge in [0.25, 0.3) is 5.91 Å². The van der Waals surface area contributed by atoms with E-state index in [4.69, 9.17) is 4.42 Å². The van der Waals surface area contributed by atoms with Gasteiger partial charge in [0.2, 0.25) is 5.09 Å². The molecule has 0 saturated heterocycles. The van der Waals surface area contributed by atoms with Gasteiger partial charge < -0.3 is 4.42 Å². The van der Waals surface area contributed by atoms with Crippen LogP contribution in [0.25, 0.3) is 0 Å². The molecule has 0 fully saturated rings. The number of rotatable bonds is 0. The molecule has 5 heteroatoms. The molecule has 1 aliphatic heterocycles. The van der Waals surface area contributed by atoms with Crippen LogP contribution >= 0.6 is 0 Å². The summed E-state index contributed by atoms with van der Waals surface area (Å²) in [7, 11) is -2.59. The summed E-state index contributed by atoms with van der Waals surface area (Å²) in [5, 5.41) is 0.349. The molecule has 1 amide bonds. The average molecular weight is 185 g/mol. The summed E-state index contributed by atoms with van der Waals surface area (Å²) >= 11 is 0. The topological polar surface area (TPSA) is 59.6 Å². The standard InChI is InChI=1S/C7H7NO3S/c1-12(10)7-5(2-3-11-7)4-6(9)8-12/h2-3H,4H2,1H3. The lowest BCUT2D eigenvalue weighted by Gasteiger charge is -2.07. The van der Waals surface area contributed by atoms with Crippen LogP contribution in [0.5, 0.6) is 0 Å². The first kappa shape index (κ1) is 7.54. The van der Waals surface area contributed by atoms with Crippen molar-refractivity contribution >= 4 is 15.6 Å². The number of fused-ring (bicyclic) bond motifs is 1. The Morgan fingerprint density at radius 2 is 2.42 bits per heavy atom. The molecule has 2 rings (SSSR count). The normalized spacial score (nSPS) is 27.9. The van der Waals surface area contributed by atoms with Crippen molar-refractivity contribution in [1.82, 2.24) is 0 Å². The predicted octanol–water partition coefficient (Wildman–Crippen LogP) is 0.819. The van der Waals surface area contributed by atoms with Crippen LogP contribution in [0.1, 0.15) is 5.56 Å². The highest BCUT2D eigenvalue weighted by molar-refractivity contribution is 7.93. The summed E-state index contributed by atoms with van der Waals surface area (Å²) in [4.78, 5) is 11.0. The van der Waals surface area contributed by atoms with Crippen LogP contribution in [0, 0.1) is 0 Å². The number of carbonyl (C=O) groups is 1. The van der Waals surface area contributed by atoms with E-state index < -0.39 is 9.73 Å². The molecule has 2 heterocycles. The molecule has 1 unspecified atom stereocenters. The van der Waals surface area contributed by atoms with E-state index in [2.05, 4.69) is 4.36 Å². The molecule has 12 heavy (non-hydrogen) atoms. The zero-order chi connectivity index (χ0) is 8.77. The Kier molecular flexibility index (Phi) is 1.38. The van der Waals surface area contributed by atoms with Crippen LogP contribution in [0.15, 0.2) is 26.2 Å². The van der Waals surface area contributed by atoms with E-state index >= 15 is 0 Å². The highest BCUT2D eigenvalue weighted by Gasteiger charge is 2.24. The van der Waals surface area contributed by atoms with Crippen molar-refractivity contribution in [3.8, 4) is 0 Å². The number of amides is 1. The van der Waals surface area contributed by atoms with Gasteiger partial charge in [-0.15, -0.1) is 0 Å². The summed E-state index contributed by atoms with van der Waals surface area (Å²) < 4.78 is 20.1. The van der Waals surface area contributed by atoms with Crippen LogP contribution in [0.4, 0.5) is 0 Å². The SMILES string of the molecule is CS1(=O)=NC(=O)Cc2ccoc21. The molecule has 1 aliphatic rings. The third-order valence-corrected chi connectivity index (χ3v) is 3.27. The lowest BCUT2D eigenvalue weighted by Crippen LogP contribution is -2.12. The minimum atomic E-state index is -2.59. The molecule has 64 valence electrons. The number of hydrogen-bond donors (Lipinski definition) is 0. The van der Waals surface area contributed by atoms with E-state index in [-0.39, 0.29) is 12.3 Å². The Labute approximate surface area is 69.8 Å². The molecule has 1 aromatic rings. The van der Waals surface area contributed by atoms with Crippen LogP contribution in [0.3, 0.4) is 0 Å². The van der Waals surface area contributed by atoms with Crippen molar-refractivity contribution in [1.29, 1.82) is 0 Å². The first-order chi connectivity index (χ1) is 5.59. The lowest BCUT2D eigenvalue weighted by atomic mass is 10.2. The van der Waals surface area contributed by atoms with Crippen LogP contribution in [-0.2, 0) is 20.9 Å². The van der Waals surface area contributed by atoms with Crippen LogP contribution < -0.4 is 0 Å². The maximum atomic E-state index is 11.6. The Bertz CT molecular complexity index is 451. The fourth-order valence-corrected chi connectivity index (χ4v) is 2.61. The molecule has 0 spiro atoms. The van der Waals surface area contributed by atoms with E-state index in [1.165, 1.54) is 12.5 Å². The van der Waals surface area contributed by atoms with Crippen molar-refractivity contribution in [2.24, 2.45) is 4.36 Å². The van der Waals surface area contributed by atoms with Gasteiger partial charge in [0.15, 0.2) is 0 Å². The molecule has 0 bridgehead atoms. The van der Waals surface area contributed by atoms with Gasteiger partial charge in [-0.2, -0.15) is 4.36 Å². The summed E-state index contributed by atoms with van der Waals surface area (Å²) in [5.74, 6) is -0.337. The van der Waals surface area contributed by atoms with Crippen LogP contribution in [-0.4, -0.2) is 16.4 Å². The second-order valence-corrected chi connectivity index (χ2v) is 4.86. The maximum Gasteiger partial charge on any atom is 0.258 e. The maximum absolute atomic E-state index is 11.6. The molecule has 0 aromatic carbocycles. The van der Waals surface area contributed by atoms with Gasteiger partial charge in [-0.3, -0.25) is 4.79 Å². The van der Waals surface area contributed by atoms with Crippen molar-refractivity contribution < 1.29 is 13.4 Å². The quantitative estimate of drug-likeness (QED) is 0.601. The van der Waals surface area contributed by atoms with Crippen molar-refractivity contribution in [2.45, 2.75) is 11.5 Å². The fraction of sp³-hybridized carbons (Fsp3) is 0.286. The average Bonchev–Trinajstić information content (AvgIpc) is 2.32. The van der Waals surface area contributed by atoms with E-state index in [9.17, 15) is 9.00 Å². The predicted molar refractivity (Wildman–Crippen MR) is 42.2 cm³/mol.